The highest BCUT2D eigenvalue weighted by Crippen LogP contribution is 2.25. The number of nitrogens with one attached hydrogen (secondary N) is 1. The molecule has 2 heterocycles. The third kappa shape index (κ3) is 6.13. The summed E-state index contributed by atoms with van der Waals surface area (Å²) in [7, 11) is 0. The lowest BCUT2D eigenvalue weighted by Gasteiger charge is -2.32. The summed E-state index contributed by atoms with van der Waals surface area (Å²) in [6.07, 6.45) is 12.3. The van der Waals surface area contributed by atoms with Crippen LogP contribution in [0.4, 0.5) is 0 Å². The number of piperidine rings is 1. The van der Waals surface area contributed by atoms with Crippen LogP contribution in [0, 0.1) is 5.92 Å². The fourth-order valence-electron chi connectivity index (χ4n) is 5.05. The molecule has 1 N–H and O–H groups in total. The van der Waals surface area contributed by atoms with Crippen molar-refractivity contribution in [3.05, 3.63) is 59.7 Å². The highest BCUT2D eigenvalue weighted by molar-refractivity contribution is 5.95. The first-order chi connectivity index (χ1) is 15.2. The van der Waals surface area contributed by atoms with Crippen molar-refractivity contribution in [1.29, 1.82) is 0 Å². The van der Waals surface area contributed by atoms with Crippen LogP contribution in [0.1, 0.15) is 79.4 Å². The van der Waals surface area contributed by atoms with Crippen LogP contribution in [-0.4, -0.2) is 46.5 Å². The van der Waals surface area contributed by atoms with Crippen LogP contribution in [-0.2, 0) is 6.42 Å². The number of carbonyl (C=O) groups excluding carboxylic acids is 1. The minimum atomic E-state index is 0.00911. The van der Waals surface area contributed by atoms with Gasteiger partial charge in [0, 0.05) is 12.2 Å². The molecule has 1 aliphatic carbocycles. The SMILES string of the molecule is C[C@H](CCN1CCC(Cc2ncncc2C(=O)NC2CCCC2)CC1)c1ccccc1. The number of hydrogen-bond donors (Lipinski definition) is 1. The van der Waals surface area contributed by atoms with Crippen LogP contribution >= 0.6 is 0 Å². The van der Waals surface area contributed by atoms with Crippen molar-refractivity contribution < 1.29 is 4.79 Å². The Balaban J connectivity index is 1.25. The van der Waals surface area contributed by atoms with Crippen LogP contribution in [0.5, 0.6) is 0 Å². The van der Waals surface area contributed by atoms with Crippen LogP contribution < -0.4 is 5.32 Å². The average Bonchev–Trinajstić information content (AvgIpc) is 3.32. The number of likely N-dealkylation sites (tertiary alicyclic amines) is 1. The number of hydrogen-bond acceptors (Lipinski definition) is 4. The molecule has 1 aromatic heterocycles. The molecule has 1 atom stereocenters. The molecule has 166 valence electrons. The Labute approximate surface area is 186 Å². The average molecular weight is 421 g/mol. The summed E-state index contributed by atoms with van der Waals surface area (Å²) in [6, 6.07) is 11.1. The Hall–Kier alpha value is -2.27. The van der Waals surface area contributed by atoms with Crippen LogP contribution in [0.2, 0.25) is 0 Å². The maximum absolute atomic E-state index is 12.8. The molecule has 1 saturated heterocycles. The molecule has 0 bridgehead atoms. The maximum atomic E-state index is 12.8. The summed E-state index contributed by atoms with van der Waals surface area (Å²) in [6.45, 7) is 5.77. The zero-order valence-electron chi connectivity index (χ0n) is 18.8. The lowest BCUT2D eigenvalue weighted by atomic mass is 9.90. The number of nitrogens with zero attached hydrogens (tertiary/aromatic N) is 3. The smallest absolute Gasteiger partial charge is 0.254 e. The topological polar surface area (TPSA) is 58.1 Å². The molecular formula is C26H36N4O. The van der Waals surface area contributed by atoms with E-state index < -0.39 is 0 Å². The highest BCUT2D eigenvalue weighted by atomic mass is 16.1. The Kier molecular flexibility index (Phi) is 7.68. The molecule has 5 nitrogen and oxygen atoms in total. The largest absolute Gasteiger partial charge is 0.349 e. The first-order valence-electron chi connectivity index (χ1n) is 12.1. The Morgan fingerprint density at radius 2 is 1.87 bits per heavy atom. The highest BCUT2D eigenvalue weighted by Gasteiger charge is 2.24. The summed E-state index contributed by atoms with van der Waals surface area (Å²) in [5.41, 5.74) is 3.03. The summed E-state index contributed by atoms with van der Waals surface area (Å²) < 4.78 is 0. The Bertz CT molecular complexity index is 826. The van der Waals surface area contributed by atoms with Crippen molar-refractivity contribution in [1.82, 2.24) is 20.2 Å². The van der Waals surface area contributed by atoms with E-state index in [9.17, 15) is 4.79 Å². The predicted molar refractivity (Wildman–Crippen MR) is 124 cm³/mol. The normalized spacial score (nSPS) is 19.4. The molecular weight excluding hydrogens is 384 g/mol. The molecule has 0 unspecified atom stereocenters. The van der Waals surface area contributed by atoms with Crippen molar-refractivity contribution in [3.63, 3.8) is 0 Å². The second-order valence-corrected chi connectivity index (χ2v) is 9.43. The zero-order chi connectivity index (χ0) is 21.5. The van der Waals surface area contributed by atoms with Crippen LogP contribution in [0.15, 0.2) is 42.9 Å². The number of benzene rings is 1. The quantitative estimate of drug-likeness (QED) is 0.678. The molecule has 1 saturated carbocycles. The monoisotopic (exact) mass is 420 g/mol. The summed E-state index contributed by atoms with van der Waals surface area (Å²) >= 11 is 0. The summed E-state index contributed by atoms with van der Waals surface area (Å²) in [4.78, 5) is 24.0. The minimum absolute atomic E-state index is 0.00911. The fraction of sp³-hybridized carbons (Fsp3) is 0.577. The van der Waals surface area contributed by atoms with Crippen molar-refractivity contribution in [2.45, 2.75) is 70.3 Å². The third-order valence-electron chi connectivity index (χ3n) is 7.17. The van der Waals surface area contributed by atoms with E-state index in [0.717, 1.165) is 44.6 Å². The molecule has 2 aromatic rings. The van der Waals surface area contributed by atoms with Gasteiger partial charge in [0.2, 0.25) is 0 Å². The maximum Gasteiger partial charge on any atom is 0.254 e. The minimum Gasteiger partial charge on any atom is -0.349 e. The first kappa shape index (κ1) is 21.9. The van der Waals surface area contributed by atoms with E-state index >= 15 is 0 Å². The van der Waals surface area contributed by atoms with Gasteiger partial charge < -0.3 is 10.2 Å². The molecule has 0 spiro atoms. The van der Waals surface area contributed by atoms with Crippen molar-refractivity contribution >= 4 is 5.91 Å². The van der Waals surface area contributed by atoms with Crippen molar-refractivity contribution in [3.8, 4) is 0 Å². The van der Waals surface area contributed by atoms with Gasteiger partial charge in [0.05, 0.1) is 11.3 Å². The van der Waals surface area contributed by atoms with E-state index in [-0.39, 0.29) is 5.91 Å². The predicted octanol–water partition coefficient (Wildman–Crippen LogP) is 4.60. The Morgan fingerprint density at radius 1 is 1.13 bits per heavy atom. The van der Waals surface area contributed by atoms with E-state index in [1.807, 2.05) is 0 Å². The number of aromatic nitrogens is 2. The van der Waals surface area contributed by atoms with Crippen LogP contribution in [0.3, 0.4) is 0 Å². The Morgan fingerprint density at radius 3 is 2.61 bits per heavy atom. The molecule has 1 aromatic carbocycles. The third-order valence-corrected chi connectivity index (χ3v) is 7.17. The molecule has 1 amide bonds. The number of amides is 1. The van der Waals surface area contributed by atoms with Gasteiger partial charge in [0.25, 0.3) is 5.91 Å². The van der Waals surface area contributed by atoms with E-state index in [0.29, 0.717) is 23.4 Å². The van der Waals surface area contributed by atoms with Crippen molar-refractivity contribution in [2.75, 3.05) is 19.6 Å². The lowest BCUT2D eigenvalue weighted by molar-refractivity contribution is 0.0935. The van der Waals surface area contributed by atoms with E-state index in [4.69, 9.17) is 0 Å². The standard InChI is InChI=1S/C26H36N4O/c1-20(22-7-3-2-4-8-22)11-14-30-15-12-21(13-16-30)17-25-24(18-27-19-28-25)26(31)29-23-9-5-6-10-23/h2-4,7-8,18-21,23H,5-6,9-17H2,1H3,(H,29,31)/t20-/m1/s1. The van der Waals surface area contributed by atoms with Gasteiger partial charge in [-0.15, -0.1) is 0 Å². The van der Waals surface area contributed by atoms with Gasteiger partial charge in [-0.25, -0.2) is 9.97 Å². The van der Waals surface area contributed by atoms with Gasteiger partial charge in [-0.05, 0) is 75.6 Å². The summed E-state index contributed by atoms with van der Waals surface area (Å²) in [5, 5.41) is 3.19. The number of carbonyl (C=O) groups is 1. The molecule has 5 heteroatoms. The van der Waals surface area contributed by atoms with Crippen LogP contribution in [0.25, 0.3) is 0 Å². The van der Waals surface area contributed by atoms with Gasteiger partial charge >= 0.3 is 0 Å². The van der Waals surface area contributed by atoms with E-state index in [1.165, 1.54) is 37.7 Å². The van der Waals surface area contributed by atoms with Gasteiger partial charge in [0.15, 0.2) is 0 Å². The van der Waals surface area contributed by atoms with Crippen molar-refractivity contribution in [2.24, 2.45) is 5.92 Å². The first-order valence-corrected chi connectivity index (χ1v) is 12.1. The molecule has 2 fully saturated rings. The van der Waals surface area contributed by atoms with E-state index in [2.05, 4.69) is 57.4 Å². The lowest BCUT2D eigenvalue weighted by Crippen LogP contribution is -2.36. The van der Waals surface area contributed by atoms with Gasteiger partial charge in [-0.1, -0.05) is 50.1 Å². The molecule has 1 aliphatic heterocycles. The second-order valence-electron chi connectivity index (χ2n) is 9.43. The van der Waals surface area contributed by atoms with Gasteiger partial charge in [-0.3, -0.25) is 4.79 Å². The second kappa shape index (κ2) is 10.9. The van der Waals surface area contributed by atoms with Gasteiger partial charge in [-0.2, -0.15) is 0 Å². The number of rotatable bonds is 8. The van der Waals surface area contributed by atoms with Gasteiger partial charge in [0.1, 0.15) is 6.33 Å². The van der Waals surface area contributed by atoms with E-state index in [1.54, 1.807) is 12.5 Å². The molecule has 4 rings (SSSR count). The summed E-state index contributed by atoms with van der Waals surface area (Å²) in [5.74, 6) is 1.20. The molecule has 0 radical (unpaired) electrons. The fourth-order valence-corrected chi connectivity index (χ4v) is 5.05. The molecule has 31 heavy (non-hydrogen) atoms. The zero-order valence-corrected chi connectivity index (χ0v) is 18.8. The molecule has 2 aliphatic rings.